The fourth-order valence-corrected chi connectivity index (χ4v) is 4.01. The molecular weight excluding hydrogens is 462 g/mol. The number of nitrogens with one attached hydrogen (secondary N) is 2. The van der Waals surface area contributed by atoms with Crippen LogP contribution in [-0.4, -0.2) is 57.3 Å². The number of nitrogens with zero attached hydrogens (tertiary/aromatic N) is 1. The Morgan fingerprint density at radius 2 is 1.72 bits per heavy atom. The monoisotopic (exact) mass is 497 g/mol. The molecule has 1 saturated carbocycles. The number of anilines is 1. The molecule has 2 unspecified atom stereocenters. The van der Waals surface area contributed by atoms with E-state index in [1.165, 1.54) is 17.0 Å². The molecule has 0 aromatic heterocycles. The Labute approximate surface area is 211 Å². The first kappa shape index (κ1) is 27.0. The highest BCUT2D eigenvalue weighted by Crippen LogP contribution is 2.35. The van der Waals surface area contributed by atoms with Crippen LogP contribution >= 0.6 is 0 Å². The van der Waals surface area contributed by atoms with Gasteiger partial charge in [-0.1, -0.05) is 30.3 Å². The van der Waals surface area contributed by atoms with Crippen LogP contribution in [0.2, 0.25) is 0 Å². The van der Waals surface area contributed by atoms with Gasteiger partial charge in [-0.05, 0) is 76.3 Å². The Bertz CT molecular complexity index is 1080. The number of aliphatic hydroxyl groups is 1. The van der Waals surface area contributed by atoms with Crippen LogP contribution in [-0.2, 0) is 14.3 Å². The molecule has 0 heterocycles. The molecule has 9 heteroatoms. The molecule has 9 nitrogen and oxygen atoms in total. The Morgan fingerprint density at radius 1 is 1.08 bits per heavy atom. The van der Waals surface area contributed by atoms with E-state index in [1.807, 2.05) is 19.1 Å². The lowest BCUT2D eigenvalue weighted by Crippen LogP contribution is -2.58. The maximum Gasteiger partial charge on any atom is 0.408 e. The number of aromatic hydroxyl groups is 1. The molecule has 0 saturated heterocycles. The number of rotatable bonds is 8. The zero-order valence-electron chi connectivity index (χ0n) is 21.2. The number of hydrogen-bond acceptors (Lipinski definition) is 6. The molecule has 4 N–H and O–H groups in total. The summed E-state index contributed by atoms with van der Waals surface area (Å²) in [5.74, 6) is -1.01. The fourth-order valence-electron chi connectivity index (χ4n) is 4.01. The van der Waals surface area contributed by atoms with E-state index in [0.717, 1.165) is 12.0 Å². The highest BCUT2D eigenvalue weighted by atomic mass is 16.6. The van der Waals surface area contributed by atoms with Gasteiger partial charge < -0.3 is 30.5 Å². The van der Waals surface area contributed by atoms with Crippen LogP contribution < -0.4 is 10.6 Å². The first-order chi connectivity index (χ1) is 17.0. The molecule has 0 spiro atoms. The van der Waals surface area contributed by atoms with Crippen molar-refractivity contribution < 1.29 is 29.3 Å². The number of carbonyl (C=O) groups is 3. The molecule has 0 bridgehead atoms. The minimum absolute atomic E-state index is 0.0261. The van der Waals surface area contributed by atoms with Crippen molar-refractivity contribution in [1.82, 2.24) is 10.2 Å². The normalized spacial score (nSPS) is 15.2. The predicted octanol–water partition coefficient (Wildman–Crippen LogP) is 3.65. The number of alkyl carbamates (subject to hydrolysis) is 1. The van der Waals surface area contributed by atoms with Gasteiger partial charge in [0.2, 0.25) is 5.91 Å². The molecule has 0 radical (unpaired) electrons. The van der Waals surface area contributed by atoms with Crippen LogP contribution in [0, 0.1) is 6.92 Å². The second-order valence-corrected chi connectivity index (χ2v) is 10.0. The number of benzene rings is 2. The number of carbonyl (C=O) groups excluding carboxylic acids is 3. The summed E-state index contributed by atoms with van der Waals surface area (Å²) in [6.45, 7) is 6.29. The van der Waals surface area contributed by atoms with Crippen LogP contribution in [0.25, 0.3) is 0 Å². The fraction of sp³-hybridized carbons (Fsp3) is 0.444. The quantitative estimate of drug-likeness (QED) is 0.441. The van der Waals surface area contributed by atoms with Gasteiger partial charge in [0, 0.05) is 11.7 Å². The summed E-state index contributed by atoms with van der Waals surface area (Å²) in [7, 11) is 0. The maximum absolute atomic E-state index is 13.8. The van der Waals surface area contributed by atoms with E-state index in [4.69, 9.17) is 4.74 Å². The molecule has 1 fully saturated rings. The van der Waals surface area contributed by atoms with Gasteiger partial charge >= 0.3 is 6.09 Å². The molecule has 0 aliphatic heterocycles. The zero-order valence-corrected chi connectivity index (χ0v) is 21.2. The lowest BCUT2D eigenvalue weighted by molar-refractivity contribution is -0.146. The summed E-state index contributed by atoms with van der Waals surface area (Å²) >= 11 is 0. The molecule has 194 valence electrons. The number of hydrogen-bond donors (Lipinski definition) is 4. The van der Waals surface area contributed by atoms with E-state index in [2.05, 4.69) is 10.6 Å². The molecule has 36 heavy (non-hydrogen) atoms. The average Bonchev–Trinajstić information content (AvgIpc) is 2.77. The minimum Gasteiger partial charge on any atom is -0.508 e. The highest BCUT2D eigenvalue weighted by molar-refractivity contribution is 5.99. The number of phenols is 1. The lowest BCUT2D eigenvalue weighted by atomic mass is 9.88. The Morgan fingerprint density at radius 3 is 2.25 bits per heavy atom. The SMILES string of the molecule is Cc1ccccc1NC(=O)C(c1ccc(O)cc1)N(C(=O)C(CO)NC(=O)OC(C)(C)C)C1CCC1. The second-order valence-electron chi connectivity index (χ2n) is 10.0. The lowest BCUT2D eigenvalue weighted by Gasteiger charge is -2.43. The van der Waals surface area contributed by atoms with Gasteiger partial charge in [0.15, 0.2) is 0 Å². The number of amides is 3. The minimum atomic E-state index is -1.30. The number of ether oxygens (including phenoxy) is 1. The summed E-state index contributed by atoms with van der Waals surface area (Å²) in [6, 6.07) is 10.8. The summed E-state index contributed by atoms with van der Waals surface area (Å²) in [5.41, 5.74) is 1.17. The smallest absolute Gasteiger partial charge is 0.408 e. The standard InChI is InChI=1S/C27H35N3O6/c1-17-8-5-6-11-21(17)28-24(33)23(18-12-14-20(32)15-13-18)30(19-9-7-10-19)25(34)22(16-31)29-26(35)36-27(2,3)4/h5-6,8,11-15,19,22-23,31-32H,7,9-10,16H2,1-4H3,(H,28,33)(H,29,35). The third-order valence-electron chi connectivity index (χ3n) is 6.03. The number of phenolic OH excluding ortho intramolecular Hbond substituents is 1. The summed E-state index contributed by atoms with van der Waals surface area (Å²) < 4.78 is 5.26. The molecular formula is C27H35N3O6. The predicted molar refractivity (Wildman–Crippen MR) is 135 cm³/mol. The second kappa shape index (κ2) is 11.4. The molecule has 3 amide bonds. The molecule has 1 aliphatic carbocycles. The number of para-hydroxylation sites is 1. The van der Waals surface area contributed by atoms with Gasteiger partial charge in [0.1, 0.15) is 23.4 Å². The van der Waals surface area contributed by atoms with Gasteiger partial charge in [-0.2, -0.15) is 0 Å². The van der Waals surface area contributed by atoms with Crippen molar-refractivity contribution in [2.75, 3.05) is 11.9 Å². The van der Waals surface area contributed by atoms with Crippen molar-refractivity contribution in [2.24, 2.45) is 0 Å². The van der Waals surface area contributed by atoms with Crippen molar-refractivity contribution in [1.29, 1.82) is 0 Å². The van der Waals surface area contributed by atoms with Crippen molar-refractivity contribution in [3.63, 3.8) is 0 Å². The molecule has 2 aromatic rings. The van der Waals surface area contributed by atoms with Crippen molar-refractivity contribution in [3.8, 4) is 5.75 Å². The van der Waals surface area contributed by atoms with Gasteiger partial charge in [-0.15, -0.1) is 0 Å². The summed E-state index contributed by atoms with van der Waals surface area (Å²) in [4.78, 5) is 41.3. The third-order valence-corrected chi connectivity index (χ3v) is 6.03. The van der Waals surface area contributed by atoms with Crippen molar-refractivity contribution in [3.05, 3.63) is 59.7 Å². The van der Waals surface area contributed by atoms with Crippen molar-refractivity contribution >= 4 is 23.6 Å². The average molecular weight is 498 g/mol. The van der Waals surface area contributed by atoms with E-state index in [9.17, 15) is 24.6 Å². The number of aryl methyl sites for hydroxylation is 1. The van der Waals surface area contributed by atoms with Crippen molar-refractivity contribution in [2.45, 2.75) is 70.7 Å². The van der Waals surface area contributed by atoms with Crippen LogP contribution in [0.1, 0.15) is 57.2 Å². The molecule has 1 aliphatic rings. The largest absolute Gasteiger partial charge is 0.508 e. The first-order valence-corrected chi connectivity index (χ1v) is 12.1. The molecule has 2 aromatic carbocycles. The van der Waals surface area contributed by atoms with E-state index in [1.54, 1.807) is 45.0 Å². The maximum atomic E-state index is 13.8. The van der Waals surface area contributed by atoms with Crippen LogP contribution in [0.4, 0.5) is 10.5 Å². The van der Waals surface area contributed by atoms with E-state index in [-0.39, 0.29) is 11.8 Å². The Hall–Kier alpha value is -3.59. The van der Waals surface area contributed by atoms with Crippen LogP contribution in [0.15, 0.2) is 48.5 Å². The van der Waals surface area contributed by atoms with Gasteiger partial charge in [-0.3, -0.25) is 9.59 Å². The van der Waals surface area contributed by atoms with Crippen LogP contribution in [0.5, 0.6) is 5.75 Å². The first-order valence-electron chi connectivity index (χ1n) is 12.1. The number of aliphatic hydroxyl groups excluding tert-OH is 1. The van der Waals surface area contributed by atoms with Crippen LogP contribution in [0.3, 0.4) is 0 Å². The van der Waals surface area contributed by atoms with E-state index < -0.39 is 42.2 Å². The Kier molecular flexibility index (Phi) is 8.57. The van der Waals surface area contributed by atoms with E-state index >= 15 is 0 Å². The topological polar surface area (TPSA) is 128 Å². The van der Waals surface area contributed by atoms with E-state index in [0.29, 0.717) is 24.1 Å². The summed E-state index contributed by atoms with van der Waals surface area (Å²) in [6.07, 6.45) is 1.42. The highest BCUT2D eigenvalue weighted by Gasteiger charge is 2.42. The van der Waals surface area contributed by atoms with Gasteiger partial charge in [0.05, 0.1) is 6.61 Å². The zero-order chi connectivity index (χ0) is 26.5. The molecule has 3 rings (SSSR count). The van der Waals surface area contributed by atoms with Gasteiger partial charge in [-0.25, -0.2) is 4.79 Å². The van der Waals surface area contributed by atoms with Gasteiger partial charge in [0.25, 0.3) is 5.91 Å². The molecule has 2 atom stereocenters. The third kappa shape index (κ3) is 6.75. The summed E-state index contributed by atoms with van der Waals surface area (Å²) in [5, 5.41) is 25.2. The Balaban J connectivity index is 1.97.